The Morgan fingerprint density at radius 2 is 1.89 bits per heavy atom. The van der Waals surface area contributed by atoms with Crippen LogP contribution in [0.5, 0.6) is 0 Å². The molecule has 0 aliphatic rings. The van der Waals surface area contributed by atoms with E-state index in [1.54, 1.807) is 24.8 Å². The van der Waals surface area contributed by atoms with E-state index in [1.165, 1.54) is 0 Å². The number of nitrogens with zero attached hydrogens (tertiary/aromatic N) is 2. The third-order valence-corrected chi connectivity index (χ3v) is 3.39. The quantitative estimate of drug-likeness (QED) is 0.843. The second-order valence-corrected chi connectivity index (χ2v) is 5.87. The van der Waals surface area contributed by atoms with Crippen molar-refractivity contribution in [3.8, 4) is 11.1 Å². The summed E-state index contributed by atoms with van der Waals surface area (Å²) in [6.45, 7) is 0. The molecule has 1 radical (unpaired) electrons. The number of rotatable bonds is 4. The van der Waals surface area contributed by atoms with Crippen molar-refractivity contribution in [3.05, 3.63) is 54.8 Å². The molecule has 0 atom stereocenters. The lowest BCUT2D eigenvalue weighted by atomic mass is 10.0. The van der Waals surface area contributed by atoms with Crippen LogP contribution in [-0.2, 0) is 16.3 Å². The summed E-state index contributed by atoms with van der Waals surface area (Å²) in [5, 5.41) is 0. The molecule has 0 spiro atoms. The van der Waals surface area contributed by atoms with Gasteiger partial charge in [0.1, 0.15) is 0 Å². The van der Waals surface area contributed by atoms with Crippen LogP contribution in [0.15, 0.2) is 43.0 Å². The van der Waals surface area contributed by atoms with Crippen LogP contribution in [0.2, 0.25) is 0 Å². The molecule has 0 aliphatic carbocycles. The lowest BCUT2D eigenvalue weighted by Gasteiger charge is -2.07. The fourth-order valence-corrected chi connectivity index (χ4v) is 2.22. The molecular formula is C13H13N2O2S. The lowest BCUT2D eigenvalue weighted by Crippen LogP contribution is -2.05. The molecule has 4 nitrogen and oxygen atoms in total. The first-order valence-electron chi connectivity index (χ1n) is 5.45. The van der Waals surface area contributed by atoms with E-state index in [4.69, 9.17) is 0 Å². The van der Waals surface area contributed by atoms with Crippen molar-refractivity contribution in [2.75, 3.05) is 5.75 Å². The van der Waals surface area contributed by atoms with Crippen molar-refractivity contribution < 1.29 is 8.42 Å². The predicted octanol–water partition coefficient (Wildman–Crippen LogP) is 1.89. The summed E-state index contributed by atoms with van der Waals surface area (Å²) in [4.78, 5) is 8.13. The molecular weight excluding hydrogens is 248 g/mol. The zero-order valence-electron chi connectivity index (χ0n) is 9.78. The molecule has 0 bridgehead atoms. The van der Waals surface area contributed by atoms with Crippen LogP contribution in [0.25, 0.3) is 11.1 Å². The van der Waals surface area contributed by atoms with Crippen molar-refractivity contribution in [2.45, 2.75) is 6.42 Å². The molecule has 5 heteroatoms. The summed E-state index contributed by atoms with van der Waals surface area (Å²) < 4.78 is 22.2. The van der Waals surface area contributed by atoms with Crippen molar-refractivity contribution in [1.29, 1.82) is 0 Å². The SMILES string of the molecule is [CH2]S(=O)(=O)CCc1ccncc1-c1cccnc1. The van der Waals surface area contributed by atoms with Gasteiger partial charge in [0.15, 0.2) is 9.84 Å². The molecule has 2 aromatic rings. The van der Waals surface area contributed by atoms with E-state index in [1.807, 2.05) is 18.2 Å². The first kappa shape index (κ1) is 12.7. The maximum atomic E-state index is 11.1. The van der Waals surface area contributed by atoms with Gasteiger partial charge in [0.05, 0.1) is 12.0 Å². The predicted molar refractivity (Wildman–Crippen MR) is 70.3 cm³/mol. The second kappa shape index (κ2) is 5.27. The molecule has 0 unspecified atom stereocenters. The van der Waals surface area contributed by atoms with Gasteiger partial charge in [0, 0.05) is 35.9 Å². The Hall–Kier alpha value is -1.75. The largest absolute Gasteiger partial charge is 0.264 e. The van der Waals surface area contributed by atoms with Crippen molar-refractivity contribution in [2.24, 2.45) is 0 Å². The van der Waals surface area contributed by atoms with E-state index < -0.39 is 9.84 Å². The van der Waals surface area contributed by atoms with E-state index in [-0.39, 0.29) is 5.75 Å². The van der Waals surface area contributed by atoms with E-state index >= 15 is 0 Å². The van der Waals surface area contributed by atoms with Gasteiger partial charge in [0.2, 0.25) is 0 Å². The van der Waals surface area contributed by atoms with Gasteiger partial charge in [-0.2, -0.15) is 0 Å². The molecule has 93 valence electrons. The average molecular weight is 261 g/mol. The van der Waals surface area contributed by atoms with Crippen LogP contribution in [-0.4, -0.2) is 24.1 Å². The Morgan fingerprint density at radius 3 is 2.56 bits per heavy atom. The van der Waals surface area contributed by atoms with E-state index in [0.29, 0.717) is 6.42 Å². The van der Waals surface area contributed by atoms with E-state index in [9.17, 15) is 8.42 Å². The molecule has 0 aromatic carbocycles. The fraction of sp³-hybridized carbons (Fsp3) is 0.154. The fourth-order valence-electron chi connectivity index (χ4n) is 1.69. The summed E-state index contributed by atoms with van der Waals surface area (Å²) in [6.07, 6.45) is 10.4. The number of aryl methyl sites for hydroxylation is 1. The maximum absolute atomic E-state index is 11.1. The molecule has 18 heavy (non-hydrogen) atoms. The first-order valence-corrected chi connectivity index (χ1v) is 7.27. The van der Waals surface area contributed by atoms with Gasteiger partial charge in [-0.3, -0.25) is 9.97 Å². The summed E-state index contributed by atoms with van der Waals surface area (Å²) in [5.74, 6) is 0.0320. The van der Waals surface area contributed by atoms with Crippen LogP contribution >= 0.6 is 0 Å². The van der Waals surface area contributed by atoms with Gasteiger partial charge >= 0.3 is 0 Å². The van der Waals surface area contributed by atoms with Crippen molar-refractivity contribution in [1.82, 2.24) is 9.97 Å². The van der Waals surface area contributed by atoms with Gasteiger partial charge in [-0.1, -0.05) is 6.07 Å². The normalized spacial score (nSPS) is 11.4. The highest BCUT2D eigenvalue weighted by molar-refractivity contribution is 7.92. The number of pyridine rings is 2. The Bertz CT molecular complexity index is 624. The smallest absolute Gasteiger partial charge is 0.151 e. The van der Waals surface area contributed by atoms with E-state index in [2.05, 4.69) is 16.2 Å². The molecule has 0 saturated heterocycles. The van der Waals surface area contributed by atoms with Gasteiger partial charge in [0.25, 0.3) is 0 Å². The standard InChI is InChI=1S/C13H13N2O2S/c1-18(16,17)8-5-11-4-7-15-10-13(11)12-3-2-6-14-9-12/h2-4,6-7,9-10H,1,5,8H2. The Labute approximate surface area is 107 Å². The number of hydrogen-bond donors (Lipinski definition) is 0. The molecule has 0 aliphatic heterocycles. The highest BCUT2D eigenvalue weighted by Gasteiger charge is 2.08. The summed E-state index contributed by atoms with van der Waals surface area (Å²) in [6, 6.07) is 5.59. The molecule has 2 rings (SSSR count). The summed E-state index contributed by atoms with van der Waals surface area (Å²) in [5.41, 5.74) is 2.78. The summed E-state index contributed by atoms with van der Waals surface area (Å²) >= 11 is 0. The van der Waals surface area contributed by atoms with Crippen LogP contribution < -0.4 is 0 Å². The van der Waals surface area contributed by atoms with Crippen molar-refractivity contribution >= 4 is 9.84 Å². The third kappa shape index (κ3) is 3.37. The van der Waals surface area contributed by atoms with Gasteiger partial charge in [-0.05, 0) is 24.1 Å². The topological polar surface area (TPSA) is 59.9 Å². The molecule has 0 N–H and O–H groups in total. The molecule has 0 amide bonds. The highest BCUT2D eigenvalue weighted by atomic mass is 32.2. The monoisotopic (exact) mass is 261 g/mol. The zero-order chi connectivity index (χ0) is 13.0. The second-order valence-electron chi connectivity index (χ2n) is 3.97. The lowest BCUT2D eigenvalue weighted by molar-refractivity contribution is 0.603. The van der Waals surface area contributed by atoms with Crippen LogP contribution in [0, 0.1) is 6.26 Å². The highest BCUT2D eigenvalue weighted by Crippen LogP contribution is 2.22. The maximum Gasteiger partial charge on any atom is 0.151 e. The van der Waals surface area contributed by atoms with Crippen LogP contribution in [0.4, 0.5) is 0 Å². The van der Waals surface area contributed by atoms with Crippen molar-refractivity contribution in [3.63, 3.8) is 0 Å². The average Bonchev–Trinajstić information content (AvgIpc) is 2.37. The van der Waals surface area contributed by atoms with Gasteiger partial charge in [-0.25, -0.2) is 8.42 Å². The minimum Gasteiger partial charge on any atom is -0.264 e. The number of hydrogen-bond acceptors (Lipinski definition) is 4. The van der Waals surface area contributed by atoms with Gasteiger partial charge in [-0.15, -0.1) is 0 Å². The van der Waals surface area contributed by atoms with E-state index in [0.717, 1.165) is 16.7 Å². The Balaban J connectivity index is 2.32. The molecule has 0 saturated carbocycles. The number of aromatic nitrogens is 2. The zero-order valence-corrected chi connectivity index (χ0v) is 10.6. The first-order chi connectivity index (χ1) is 8.56. The molecule has 2 aromatic heterocycles. The van der Waals surface area contributed by atoms with Crippen LogP contribution in [0.3, 0.4) is 0 Å². The van der Waals surface area contributed by atoms with Gasteiger partial charge < -0.3 is 0 Å². The molecule has 0 fully saturated rings. The minimum atomic E-state index is -3.21. The third-order valence-electron chi connectivity index (χ3n) is 2.57. The molecule has 2 heterocycles. The Kier molecular flexibility index (Phi) is 3.72. The summed E-state index contributed by atoms with van der Waals surface area (Å²) in [7, 11) is -3.21. The minimum absolute atomic E-state index is 0.0320. The number of sulfone groups is 1. The van der Waals surface area contributed by atoms with Crippen LogP contribution in [0.1, 0.15) is 5.56 Å². The Morgan fingerprint density at radius 1 is 1.11 bits per heavy atom.